The molecule has 4 aromatic heterocycles. The van der Waals surface area contributed by atoms with Crippen LogP contribution < -0.4 is 26.7 Å². The molecule has 7 heterocycles. The van der Waals surface area contributed by atoms with Gasteiger partial charge in [-0.3, -0.25) is 37.9 Å². The summed E-state index contributed by atoms with van der Waals surface area (Å²) in [5, 5.41) is 25.7. The van der Waals surface area contributed by atoms with E-state index in [1.54, 1.807) is 53.4 Å². The molecule has 0 aliphatic carbocycles. The van der Waals surface area contributed by atoms with Gasteiger partial charge in [0.15, 0.2) is 0 Å². The van der Waals surface area contributed by atoms with Crippen molar-refractivity contribution in [2.24, 2.45) is 0 Å². The number of amides is 4. The molecule has 3 fully saturated rings. The van der Waals surface area contributed by atoms with Crippen LogP contribution in [0.3, 0.4) is 0 Å². The zero-order valence-corrected chi connectivity index (χ0v) is 42.3. The van der Waals surface area contributed by atoms with E-state index in [2.05, 4.69) is 20.6 Å². The van der Waals surface area contributed by atoms with Crippen molar-refractivity contribution in [3.8, 4) is 0 Å². The normalized spacial score (nSPS) is 15.5. The number of morpholine rings is 1. The lowest BCUT2D eigenvalue weighted by Crippen LogP contribution is -2.60. The number of aromatic carboxylic acids is 2. The highest BCUT2D eigenvalue weighted by Gasteiger charge is 2.43. The van der Waals surface area contributed by atoms with Gasteiger partial charge in [0.25, 0.3) is 22.9 Å². The Balaban J connectivity index is 0.000000201. The SMILES string of the molecule is CC1(F)CN(C(=O)Cn2c(=O)c(C(=O)NCc3ccc(Cl)cc3)cc3c(Cl)c(C(=O)O)cnc32)C1.CC1(F)CN(C(=O)Cn2c(=O)c(C(=O)NCc3ccc(Cl)cc3)cc3c(N4CCOCC4)c(C(=O)O)cnc32)C1. The second-order valence-corrected chi connectivity index (χ2v) is 19.8. The van der Waals surface area contributed by atoms with E-state index in [4.69, 9.17) is 39.5 Å². The Kier molecular flexibility index (Phi) is 15.6. The smallest absolute Gasteiger partial charge is 0.339 e. The zero-order valence-electron chi connectivity index (χ0n) is 40.0. The summed E-state index contributed by atoms with van der Waals surface area (Å²) in [6, 6.07) is 16.0. The number of hydrogen-bond donors (Lipinski definition) is 4. The first-order valence-corrected chi connectivity index (χ1v) is 24.2. The number of carbonyl (C=O) groups excluding carboxylic acids is 4. The van der Waals surface area contributed by atoms with Crippen LogP contribution in [0.2, 0.25) is 15.1 Å². The zero-order chi connectivity index (χ0) is 54.1. The molecule has 4 N–H and O–H groups in total. The first kappa shape index (κ1) is 53.8. The molecule has 3 aliphatic heterocycles. The molecule has 2 aromatic carbocycles. The van der Waals surface area contributed by atoms with Crippen LogP contribution in [0, 0.1) is 0 Å². The lowest BCUT2D eigenvalue weighted by Gasteiger charge is -2.42. The fourth-order valence-corrected chi connectivity index (χ4v) is 9.24. The fraction of sp³-hybridized carbons (Fsp3) is 0.320. The van der Waals surface area contributed by atoms with Crippen LogP contribution in [0.15, 0.2) is 82.6 Å². The van der Waals surface area contributed by atoms with E-state index in [0.29, 0.717) is 36.3 Å². The van der Waals surface area contributed by atoms with Crippen LogP contribution in [-0.2, 0) is 40.5 Å². The number of nitrogens with one attached hydrogen (secondary N) is 2. The number of carboxylic acids is 2. The number of carbonyl (C=O) groups is 6. The number of carboxylic acid groups (broad SMARTS) is 2. The maximum Gasteiger partial charge on any atom is 0.339 e. The Bertz CT molecular complexity index is 3410. The van der Waals surface area contributed by atoms with Crippen LogP contribution >= 0.6 is 34.8 Å². The molecular formula is C50H46Cl3F2N9O11. The van der Waals surface area contributed by atoms with Gasteiger partial charge in [-0.25, -0.2) is 28.3 Å². The van der Waals surface area contributed by atoms with Gasteiger partial charge in [-0.15, -0.1) is 0 Å². The van der Waals surface area contributed by atoms with Gasteiger partial charge in [0, 0.05) is 59.4 Å². The summed E-state index contributed by atoms with van der Waals surface area (Å²) in [4.78, 5) is 115. The number of likely N-dealkylation sites (tertiary alicyclic amines) is 2. The van der Waals surface area contributed by atoms with Crippen molar-refractivity contribution in [2.75, 3.05) is 57.4 Å². The van der Waals surface area contributed by atoms with Gasteiger partial charge in [-0.1, -0.05) is 59.1 Å². The molecule has 25 heteroatoms. The highest BCUT2D eigenvalue weighted by atomic mass is 35.5. The summed E-state index contributed by atoms with van der Waals surface area (Å²) in [5.41, 5.74) is -4.01. The lowest BCUT2D eigenvalue weighted by molar-refractivity contribution is -0.145. The minimum Gasteiger partial charge on any atom is -0.478 e. The Morgan fingerprint density at radius 2 is 1.03 bits per heavy atom. The molecule has 4 amide bonds. The van der Waals surface area contributed by atoms with Gasteiger partial charge in [0.2, 0.25) is 11.8 Å². The maximum absolute atomic E-state index is 14.1. The summed E-state index contributed by atoms with van der Waals surface area (Å²) in [6.45, 7) is 2.86. The predicted octanol–water partition coefficient (Wildman–Crippen LogP) is 4.99. The Labute approximate surface area is 439 Å². The molecule has 0 saturated carbocycles. The van der Waals surface area contributed by atoms with Crippen molar-refractivity contribution in [3.63, 3.8) is 0 Å². The topological polar surface area (TPSA) is 256 Å². The number of hydrogen-bond acceptors (Lipinski definition) is 12. The second kappa shape index (κ2) is 21.7. The number of alkyl halides is 2. The monoisotopic (exact) mass is 1090 g/mol. The predicted molar refractivity (Wildman–Crippen MR) is 271 cm³/mol. The molecule has 75 heavy (non-hydrogen) atoms. The van der Waals surface area contributed by atoms with Gasteiger partial charge in [-0.2, -0.15) is 0 Å². The second-order valence-electron chi connectivity index (χ2n) is 18.5. The average molecular weight is 1090 g/mol. The van der Waals surface area contributed by atoms with Crippen molar-refractivity contribution >= 4 is 98.1 Å². The number of halogens is 5. The van der Waals surface area contributed by atoms with Crippen LogP contribution in [0.5, 0.6) is 0 Å². The molecule has 0 bridgehead atoms. The Morgan fingerprint density at radius 1 is 0.627 bits per heavy atom. The number of nitrogens with zero attached hydrogens (tertiary/aromatic N) is 7. The first-order valence-electron chi connectivity index (χ1n) is 23.1. The van der Waals surface area contributed by atoms with E-state index < -0.39 is 71.1 Å². The number of ether oxygens (including phenoxy) is 1. The molecule has 3 aliphatic rings. The van der Waals surface area contributed by atoms with Gasteiger partial charge in [-0.05, 0) is 61.4 Å². The summed E-state index contributed by atoms with van der Waals surface area (Å²) in [5.74, 6) is -5.13. The lowest BCUT2D eigenvalue weighted by atomic mass is 9.99. The summed E-state index contributed by atoms with van der Waals surface area (Å²) >= 11 is 18.1. The Morgan fingerprint density at radius 3 is 1.44 bits per heavy atom. The van der Waals surface area contributed by atoms with Gasteiger partial charge in [0.05, 0.1) is 55.7 Å². The van der Waals surface area contributed by atoms with Crippen LogP contribution in [0.1, 0.15) is 66.4 Å². The average Bonchev–Trinajstić information content (AvgIpc) is 3.35. The van der Waals surface area contributed by atoms with Crippen molar-refractivity contribution in [1.82, 2.24) is 39.5 Å². The number of pyridine rings is 4. The molecular weight excluding hydrogens is 1050 g/mol. The van der Waals surface area contributed by atoms with Crippen LogP contribution in [0.25, 0.3) is 22.1 Å². The number of fused-ring (bicyclic) bond motifs is 2. The van der Waals surface area contributed by atoms with Gasteiger partial charge in [0.1, 0.15) is 52.4 Å². The van der Waals surface area contributed by atoms with E-state index >= 15 is 0 Å². The highest BCUT2D eigenvalue weighted by molar-refractivity contribution is 6.38. The van der Waals surface area contributed by atoms with Crippen molar-refractivity contribution in [2.45, 2.75) is 51.4 Å². The van der Waals surface area contributed by atoms with Crippen molar-refractivity contribution in [1.29, 1.82) is 0 Å². The largest absolute Gasteiger partial charge is 0.478 e. The van der Waals surface area contributed by atoms with Gasteiger partial charge < -0.3 is 40.3 Å². The molecule has 392 valence electrons. The van der Waals surface area contributed by atoms with E-state index in [1.165, 1.54) is 29.7 Å². The van der Waals surface area contributed by atoms with Crippen LogP contribution in [-0.4, -0.2) is 139 Å². The van der Waals surface area contributed by atoms with Gasteiger partial charge >= 0.3 is 11.9 Å². The van der Waals surface area contributed by atoms with E-state index in [0.717, 1.165) is 38.7 Å². The molecule has 0 unspecified atom stereocenters. The fourth-order valence-electron chi connectivity index (χ4n) is 8.72. The molecule has 9 rings (SSSR count). The number of aromatic nitrogens is 4. The maximum atomic E-state index is 14.1. The highest BCUT2D eigenvalue weighted by Crippen LogP contribution is 2.32. The number of benzene rings is 2. The van der Waals surface area contributed by atoms with E-state index in [1.807, 2.05) is 0 Å². The third-order valence-corrected chi connectivity index (χ3v) is 13.4. The van der Waals surface area contributed by atoms with Crippen LogP contribution in [0.4, 0.5) is 14.5 Å². The van der Waals surface area contributed by atoms with Crippen molar-refractivity contribution in [3.05, 3.63) is 142 Å². The van der Waals surface area contributed by atoms with E-state index in [9.17, 15) is 57.4 Å². The molecule has 3 saturated heterocycles. The Hall–Kier alpha value is -7.53. The third kappa shape index (κ3) is 11.9. The molecule has 0 spiro atoms. The summed E-state index contributed by atoms with van der Waals surface area (Å²) in [7, 11) is 0. The summed E-state index contributed by atoms with van der Waals surface area (Å²) in [6.07, 6.45) is 2.11. The quantitative estimate of drug-likeness (QED) is 0.119. The standard InChI is InChI=1S/C27H27ClFN5O6.C23H19Cl2FN4O5/c1-27(29)14-33(15-27)21(35)13-34-23-18(22(20(12-30-23)26(38)39)32-6-8-40-9-7-32)10-19(25(34)37)24(36)31-11-16-2-4-17(28)5-3-16;1-23(26)10-29(11-23)17(31)9-30-19-14(18(25)16(8-27-19)22(34)35)6-15(21(30)33)20(32)28-7-12-2-4-13(24)5-3-12/h2-5,10,12H,6-9,11,13-15H2,1H3,(H,31,36)(H,38,39);2-6,8H,7,9-11H2,1H3,(H,28,32)(H,34,35). The molecule has 6 aromatic rings. The molecule has 0 radical (unpaired) electrons. The van der Waals surface area contributed by atoms with Crippen molar-refractivity contribution < 1.29 is 52.5 Å². The minimum absolute atomic E-state index is 0.00884. The number of anilines is 1. The number of rotatable bonds is 13. The first-order chi connectivity index (χ1) is 35.5. The minimum atomic E-state index is -1.51. The molecule has 20 nitrogen and oxygen atoms in total. The van der Waals surface area contributed by atoms with E-state index in [-0.39, 0.29) is 94.3 Å². The summed E-state index contributed by atoms with van der Waals surface area (Å²) < 4.78 is 35.4. The third-order valence-electron chi connectivity index (χ3n) is 12.5. The molecule has 0 atom stereocenters.